The number of likely N-dealkylation sites (N-methyl/N-ethyl adjacent to an activating group) is 1. The number of nitrogens with zero attached hydrogens (tertiary/aromatic N) is 3. The molecule has 25 heavy (non-hydrogen) atoms. The Balaban J connectivity index is 1.53. The standard InChI is InChI=1S/C19H33N3O3/c1-2-21(10-9-20-11-13-25-14-12-20)19(24)16-7-8-18(23)22(15-16)17-5-3-4-6-17/h16-17H,2-15H2,1H3/t16-/m1/s1. The number of hydrogen-bond acceptors (Lipinski definition) is 4. The Hall–Kier alpha value is -1.14. The Kier molecular flexibility index (Phi) is 6.70. The van der Waals surface area contributed by atoms with Gasteiger partial charge in [-0.05, 0) is 26.2 Å². The van der Waals surface area contributed by atoms with E-state index in [-0.39, 0.29) is 17.7 Å². The SMILES string of the molecule is CCN(CCN1CCOCC1)C(=O)[C@@H]1CCC(=O)N(C2CCCC2)C1. The van der Waals surface area contributed by atoms with Gasteiger partial charge in [0, 0.05) is 51.7 Å². The number of ether oxygens (including phenoxy) is 1. The number of hydrogen-bond donors (Lipinski definition) is 0. The first-order valence-corrected chi connectivity index (χ1v) is 10.1. The highest BCUT2D eigenvalue weighted by atomic mass is 16.5. The van der Waals surface area contributed by atoms with E-state index in [0.717, 1.165) is 65.2 Å². The molecule has 0 bridgehead atoms. The van der Waals surface area contributed by atoms with Gasteiger partial charge in [0.25, 0.3) is 0 Å². The third-order valence-corrected chi connectivity index (χ3v) is 6.04. The average Bonchev–Trinajstić information content (AvgIpc) is 3.18. The van der Waals surface area contributed by atoms with Gasteiger partial charge in [0.2, 0.25) is 11.8 Å². The molecule has 3 rings (SSSR count). The molecule has 0 unspecified atom stereocenters. The number of likely N-dealkylation sites (tertiary alicyclic amines) is 1. The van der Waals surface area contributed by atoms with Crippen molar-refractivity contribution in [2.75, 3.05) is 52.5 Å². The Morgan fingerprint density at radius 1 is 1.20 bits per heavy atom. The predicted octanol–water partition coefficient (Wildman–Crippen LogP) is 1.35. The summed E-state index contributed by atoms with van der Waals surface area (Å²) >= 11 is 0. The van der Waals surface area contributed by atoms with Gasteiger partial charge in [0.15, 0.2) is 0 Å². The summed E-state index contributed by atoms with van der Waals surface area (Å²) in [5, 5.41) is 0. The number of carbonyl (C=O) groups is 2. The van der Waals surface area contributed by atoms with Crippen LogP contribution in [0, 0.1) is 5.92 Å². The lowest BCUT2D eigenvalue weighted by molar-refractivity contribution is -0.144. The van der Waals surface area contributed by atoms with Crippen LogP contribution in [0.4, 0.5) is 0 Å². The van der Waals surface area contributed by atoms with Crippen LogP contribution in [0.3, 0.4) is 0 Å². The number of rotatable bonds is 6. The molecule has 3 aliphatic rings. The molecule has 2 amide bonds. The van der Waals surface area contributed by atoms with Gasteiger partial charge in [0.1, 0.15) is 0 Å². The third kappa shape index (κ3) is 4.73. The van der Waals surface area contributed by atoms with Crippen molar-refractivity contribution in [1.82, 2.24) is 14.7 Å². The zero-order chi connectivity index (χ0) is 17.6. The van der Waals surface area contributed by atoms with E-state index in [2.05, 4.69) is 11.8 Å². The molecule has 0 aromatic carbocycles. The molecule has 0 spiro atoms. The summed E-state index contributed by atoms with van der Waals surface area (Å²) in [5.41, 5.74) is 0. The second kappa shape index (κ2) is 8.99. The van der Waals surface area contributed by atoms with Gasteiger partial charge in [-0.2, -0.15) is 0 Å². The molecule has 0 N–H and O–H groups in total. The quantitative estimate of drug-likeness (QED) is 0.725. The lowest BCUT2D eigenvalue weighted by atomic mass is 9.94. The summed E-state index contributed by atoms with van der Waals surface area (Å²) in [6, 6.07) is 0.381. The molecule has 2 saturated heterocycles. The van der Waals surface area contributed by atoms with Crippen molar-refractivity contribution in [3.8, 4) is 0 Å². The van der Waals surface area contributed by atoms with E-state index in [1.54, 1.807) is 0 Å². The van der Waals surface area contributed by atoms with Gasteiger partial charge in [-0.1, -0.05) is 12.8 Å². The molecule has 142 valence electrons. The van der Waals surface area contributed by atoms with Crippen LogP contribution in [-0.4, -0.2) is 85.0 Å². The fraction of sp³-hybridized carbons (Fsp3) is 0.895. The van der Waals surface area contributed by atoms with Crippen molar-refractivity contribution in [1.29, 1.82) is 0 Å². The molecule has 1 atom stereocenters. The lowest BCUT2D eigenvalue weighted by Crippen LogP contribution is -2.51. The molecule has 6 heteroatoms. The molecule has 3 fully saturated rings. The van der Waals surface area contributed by atoms with E-state index in [1.807, 2.05) is 9.80 Å². The molecule has 2 heterocycles. The second-order valence-corrected chi connectivity index (χ2v) is 7.59. The van der Waals surface area contributed by atoms with E-state index in [0.29, 0.717) is 19.0 Å². The molecule has 6 nitrogen and oxygen atoms in total. The average molecular weight is 351 g/mol. The van der Waals surface area contributed by atoms with Crippen LogP contribution in [0.5, 0.6) is 0 Å². The molecule has 0 radical (unpaired) electrons. The first-order valence-electron chi connectivity index (χ1n) is 10.1. The van der Waals surface area contributed by atoms with E-state index < -0.39 is 0 Å². The van der Waals surface area contributed by atoms with Crippen LogP contribution >= 0.6 is 0 Å². The zero-order valence-corrected chi connectivity index (χ0v) is 15.6. The molecule has 1 aliphatic carbocycles. The number of morpholine rings is 1. The molecule has 2 aliphatic heterocycles. The fourth-order valence-electron chi connectivity index (χ4n) is 4.41. The van der Waals surface area contributed by atoms with Crippen LogP contribution in [0.25, 0.3) is 0 Å². The van der Waals surface area contributed by atoms with E-state index >= 15 is 0 Å². The Labute approximate surface area is 151 Å². The van der Waals surface area contributed by atoms with E-state index in [4.69, 9.17) is 4.74 Å². The van der Waals surface area contributed by atoms with Crippen molar-refractivity contribution in [2.24, 2.45) is 5.92 Å². The lowest BCUT2D eigenvalue weighted by Gasteiger charge is -2.38. The minimum Gasteiger partial charge on any atom is -0.379 e. The predicted molar refractivity (Wildman–Crippen MR) is 96.2 cm³/mol. The highest BCUT2D eigenvalue weighted by molar-refractivity contribution is 5.84. The molecule has 0 aromatic rings. The topological polar surface area (TPSA) is 53.1 Å². The highest BCUT2D eigenvalue weighted by Gasteiger charge is 2.36. The van der Waals surface area contributed by atoms with Crippen LogP contribution in [0.15, 0.2) is 0 Å². The Bertz CT molecular complexity index is 459. The van der Waals surface area contributed by atoms with Gasteiger partial charge in [-0.3, -0.25) is 14.5 Å². The first kappa shape index (κ1) is 18.6. The molecular formula is C19H33N3O3. The first-order chi connectivity index (χ1) is 12.2. The number of amides is 2. The summed E-state index contributed by atoms with van der Waals surface area (Å²) in [4.78, 5) is 31.7. The van der Waals surface area contributed by atoms with Crippen molar-refractivity contribution in [3.05, 3.63) is 0 Å². The summed E-state index contributed by atoms with van der Waals surface area (Å²) in [5.74, 6) is 0.488. The minimum atomic E-state index is -0.0112. The Morgan fingerprint density at radius 2 is 1.92 bits per heavy atom. The summed E-state index contributed by atoms with van der Waals surface area (Å²) in [6.07, 6.45) is 5.91. The second-order valence-electron chi connectivity index (χ2n) is 7.59. The van der Waals surface area contributed by atoms with Gasteiger partial charge < -0.3 is 14.5 Å². The van der Waals surface area contributed by atoms with Gasteiger partial charge in [-0.15, -0.1) is 0 Å². The fourth-order valence-corrected chi connectivity index (χ4v) is 4.41. The van der Waals surface area contributed by atoms with Gasteiger partial charge in [-0.25, -0.2) is 0 Å². The zero-order valence-electron chi connectivity index (χ0n) is 15.6. The molecule has 1 saturated carbocycles. The summed E-state index contributed by atoms with van der Waals surface area (Å²) in [7, 11) is 0. The van der Waals surface area contributed by atoms with Crippen molar-refractivity contribution >= 4 is 11.8 Å². The summed E-state index contributed by atoms with van der Waals surface area (Å²) < 4.78 is 5.39. The van der Waals surface area contributed by atoms with E-state index in [9.17, 15) is 9.59 Å². The van der Waals surface area contributed by atoms with Crippen LogP contribution in [0.1, 0.15) is 45.4 Å². The smallest absolute Gasteiger partial charge is 0.227 e. The highest BCUT2D eigenvalue weighted by Crippen LogP contribution is 2.29. The third-order valence-electron chi connectivity index (χ3n) is 6.04. The van der Waals surface area contributed by atoms with Crippen molar-refractivity contribution in [2.45, 2.75) is 51.5 Å². The van der Waals surface area contributed by atoms with Crippen molar-refractivity contribution in [3.63, 3.8) is 0 Å². The monoisotopic (exact) mass is 351 g/mol. The van der Waals surface area contributed by atoms with Crippen LogP contribution < -0.4 is 0 Å². The van der Waals surface area contributed by atoms with Crippen molar-refractivity contribution < 1.29 is 14.3 Å². The molecule has 0 aromatic heterocycles. The number of carbonyl (C=O) groups excluding carboxylic acids is 2. The maximum absolute atomic E-state index is 13.0. The van der Waals surface area contributed by atoms with E-state index in [1.165, 1.54) is 12.8 Å². The van der Waals surface area contributed by atoms with Crippen LogP contribution in [0.2, 0.25) is 0 Å². The number of piperidine rings is 1. The van der Waals surface area contributed by atoms with Gasteiger partial charge >= 0.3 is 0 Å². The minimum absolute atomic E-state index is 0.0112. The largest absolute Gasteiger partial charge is 0.379 e. The maximum atomic E-state index is 13.0. The maximum Gasteiger partial charge on any atom is 0.227 e. The normalized spacial score (nSPS) is 26.2. The Morgan fingerprint density at radius 3 is 2.60 bits per heavy atom. The van der Waals surface area contributed by atoms with Crippen LogP contribution in [-0.2, 0) is 14.3 Å². The summed E-state index contributed by atoms with van der Waals surface area (Å²) in [6.45, 7) is 8.64. The molecular weight excluding hydrogens is 318 g/mol. The van der Waals surface area contributed by atoms with Gasteiger partial charge in [0.05, 0.1) is 19.1 Å².